The Labute approximate surface area is 159 Å². The molecule has 2 aliphatic rings. The molecule has 1 aromatic heterocycles. The smallest absolute Gasteiger partial charge is 0.352 e. The highest BCUT2D eigenvalue weighted by atomic mass is 35.5. The molecule has 0 spiro atoms. The number of alkyl halides is 3. The molecule has 27 heavy (non-hydrogen) atoms. The summed E-state index contributed by atoms with van der Waals surface area (Å²) in [6, 6.07) is 0.870. The lowest BCUT2D eigenvalue weighted by Gasteiger charge is -2.36. The van der Waals surface area contributed by atoms with Crippen LogP contribution in [0.25, 0.3) is 0 Å². The summed E-state index contributed by atoms with van der Waals surface area (Å²) in [5, 5.41) is -0.0582. The zero-order chi connectivity index (χ0) is 19.6. The fourth-order valence-electron chi connectivity index (χ4n) is 3.32. The number of carbonyl (C=O) groups is 2. The molecule has 0 bridgehead atoms. The van der Waals surface area contributed by atoms with Gasteiger partial charge in [-0.1, -0.05) is 11.6 Å². The van der Waals surface area contributed by atoms with Gasteiger partial charge in [-0.3, -0.25) is 9.59 Å². The van der Waals surface area contributed by atoms with Crippen molar-refractivity contribution in [3.8, 4) is 0 Å². The normalized spacial score (nSPS) is 18.4. The lowest BCUT2D eigenvalue weighted by Crippen LogP contribution is -2.49. The number of likely N-dealkylation sites (tertiary alicyclic amines) is 1. The first-order valence-corrected chi connectivity index (χ1v) is 9.17. The zero-order valence-electron chi connectivity index (χ0n) is 14.6. The summed E-state index contributed by atoms with van der Waals surface area (Å²) >= 11 is 5.98. The number of carbonyl (C=O) groups excluding carboxylic acids is 2. The molecule has 0 atom stereocenters. The second-order valence-electron chi connectivity index (χ2n) is 6.63. The fourth-order valence-corrected chi connectivity index (χ4v) is 3.60. The fraction of sp³-hybridized carbons (Fsp3) is 0.588. The SMILES string of the molecule is O=C1CCCN1CCC(=O)N1CCN(c2ncc(C(F)(F)F)cc2Cl)CC1. The highest BCUT2D eigenvalue weighted by molar-refractivity contribution is 6.33. The number of halogens is 4. The van der Waals surface area contributed by atoms with E-state index in [1.807, 2.05) is 0 Å². The Morgan fingerprint density at radius 3 is 2.44 bits per heavy atom. The number of hydrogen-bond donors (Lipinski definition) is 0. The van der Waals surface area contributed by atoms with E-state index in [1.54, 1.807) is 14.7 Å². The van der Waals surface area contributed by atoms with Crippen LogP contribution in [0.15, 0.2) is 12.3 Å². The molecule has 6 nitrogen and oxygen atoms in total. The number of nitrogens with zero attached hydrogens (tertiary/aromatic N) is 4. The van der Waals surface area contributed by atoms with Crippen molar-refractivity contribution in [2.45, 2.75) is 25.4 Å². The number of hydrogen-bond acceptors (Lipinski definition) is 4. The van der Waals surface area contributed by atoms with Crippen LogP contribution in [0.4, 0.5) is 19.0 Å². The van der Waals surface area contributed by atoms with Crippen LogP contribution in [0.2, 0.25) is 5.02 Å². The van der Waals surface area contributed by atoms with E-state index in [-0.39, 0.29) is 23.3 Å². The summed E-state index contributed by atoms with van der Waals surface area (Å²) in [4.78, 5) is 33.0. The van der Waals surface area contributed by atoms with Crippen LogP contribution in [-0.4, -0.2) is 65.9 Å². The number of amides is 2. The standard InChI is InChI=1S/C17H20ClF3N4O2/c18-13-10-12(17(19,20)21)11-22-16(13)25-8-6-24(7-9-25)15(27)3-5-23-4-1-2-14(23)26/h10-11H,1-9H2. The number of pyridine rings is 1. The minimum atomic E-state index is -4.49. The maximum atomic E-state index is 12.7. The van der Waals surface area contributed by atoms with Crippen molar-refractivity contribution >= 4 is 29.2 Å². The van der Waals surface area contributed by atoms with Crippen molar-refractivity contribution in [3.05, 3.63) is 22.8 Å². The van der Waals surface area contributed by atoms with E-state index < -0.39 is 11.7 Å². The van der Waals surface area contributed by atoms with E-state index in [0.717, 1.165) is 18.7 Å². The minimum Gasteiger partial charge on any atom is -0.352 e. The summed E-state index contributed by atoms with van der Waals surface area (Å²) in [6.45, 7) is 2.89. The first-order valence-electron chi connectivity index (χ1n) is 8.79. The quantitative estimate of drug-likeness (QED) is 0.773. The van der Waals surface area contributed by atoms with E-state index in [0.29, 0.717) is 51.5 Å². The van der Waals surface area contributed by atoms with Gasteiger partial charge in [0.2, 0.25) is 11.8 Å². The molecule has 10 heteroatoms. The van der Waals surface area contributed by atoms with Gasteiger partial charge >= 0.3 is 6.18 Å². The van der Waals surface area contributed by atoms with E-state index in [9.17, 15) is 22.8 Å². The van der Waals surface area contributed by atoms with Gasteiger partial charge in [0.1, 0.15) is 5.82 Å². The predicted molar refractivity (Wildman–Crippen MR) is 93.5 cm³/mol. The van der Waals surface area contributed by atoms with Gasteiger partial charge in [0, 0.05) is 58.3 Å². The summed E-state index contributed by atoms with van der Waals surface area (Å²) in [6.07, 6.45) is -2.05. The van der Waals surface area contributed by atoms with Crippen LogP contribution in [0, 0.1) is 0 Å². The minimum absolute atomic E-state index is 0.0270. The largest absolute Gasteiger partial charge is 0.417 e. The lowest BCUT2D eigenvalue weighted by molar-refractivity contribution is -0.138. The van der Waals surface area contributed by atoms with Gasteiger partial charge in [0.15, 0.2) is 0 Å². The number of aromatic nitrogens is 1. The van der Waals surface area contributed by atoms with E-state index >= 15 is 0 Å². The first-order chi connectivity index (χ1) is 12.8. The second kappa shape index (κ2) is 7.92. The summed E-state index contributed by atoms with van der Waals surface area (Å²) in [7, 11) is 0. The topological polar surface area (TPSA) is 56.8 Å². The number of piperazine rings is 1. The Balaban J connectivity index is 1.52. The molecular weight excluding hydrogens is 385 g/mol. The van der Waals surface area contributed by atoms with Gasteiger partial charge in [-0.25, -0.2) is 4.98 Å². The van der Waals surface area contributed by atoms with Crippen molar-refractivity contribution in [1.82, 2.24) is 14.8 Å². The predicted octanol–water partition coefficient (Wildman–Crippen LogP) is 2.41. The lowest BCUT2D eigenvalue weighted by atomic mass is 10.2. The Morgan fingerprint density at radius 2 is 1.89 bits per heavy atom. The zero-order valence-corrected chi connectivity index (χ0v) is 15.4. The molecule has 2 saturated heterocycles. The molecule has 2 aliphatic heterocycles. The van der Waals surface area contributed by atoms with Crippen LogP contribution in [-0.2, 0) is 15.8 Å². The van der Waals surface area contributed by atoms with Crippen LogP contribution in [0.3, 0.4) is 0 Å². The van der Waals surface area contributed by atoms with E-state index in [4.69, 9.17) is 11.6 Å². The monoisotopic (exact) mass is 404 g/mol. The van der Waals surface area contributed by atoms with Crippen LogP contribution in [0.5, 0.6) is 0 Å². The molecule has 0 unspecified atom stereocenters. The third kappa shape index (κ3) is 4.63. The molecule has 2 fully saturated rings. The van der Waals surface area contributed by atoms with Crippen LogP contribution < -0.4 is 4.90 Å². The van der Waals surface area contributed by atoms with Gasteiger partial charge in [-0.2, -0.15) is 13.2 Å². The molecule has 3 rings (SSSR count). The third-order valence-corrected chi connectivity index (χ3v) is 5.13. The van der Waals surface area contributed by atoms with Gasteiger partial charge in [-0.05, 0) is 12.5 Å². The Bertz CT molecular complexity index is 721. The molecule has 0 aliphatic carbocycles. The van der Waals surface area contributed by atoms with Gasteiger partial charge in [0.05, 0.1) is 10.6 Å². The van der Waals surface area contributed by atoms with Crippen molar-refractivity contribution in [3.63, 3.8) is 0 Å². The Hall–Kier alpha value is -2.03. The van der Waals surface area contributed by atoms with Crippen LogP contribution in [0.1, 0.15) is 24.8 Å². The summed E-state index contributed by atoms with van der Waals surface area (Å²) in [5.41, 5.74) is -0.887. The van der Waals surface area contributed by atoms with Crippen molar-refractivity contribution in [2.75, 3.05) is 44.2 Å². The second-order valence-corrected chi connectivity index (χ2v) is 7.04. The van der Waals surface area contributed by atoms with E-state index in [1.165, 1.54) is 0 Å². The van der Waals surface area contributed by atoms with Crippen molar-refractivity contribution in [1.29, 1.82) is 0 Å². The van der Waals surface area contributed by atoms with Gasteiger partial charge in [0.25, 0.3) is 0 Å². The Kier molecular flexibility index (Phi) is 5.78. The van der Waals surface area contributed by atoms with Crippen molar-refractivity contribution < 1.29 is 22.8 Å². The van der Waals surface area contributed by atoms with Gasteiger partial charge in [-0.15, -0.1) is 0 Å². The van der Waals surface area contributed by atoms with Crippen LogP contribution >= 0.6 is 11.6 Å². The molecule has 1 aromatic rings. The maximum absolute atomic E-state index is 12.7. The third-order valence-electron chi connectivity index (χ3n) is 4.85. The molecular formula is C17H20ClF3N4O2. The maximum Gasteiger partial charge on any atom is 0.417 e. The van der Waals surface area contributed by atoms with Gasteiger partial charge < -0.3 is 14.7 Å². The summed E-state index contributed by atoms with van der Waals surface area (Å²) < 4.78 is 38.1. The molecule has 3 heterocycles. The summed E-state index contributed by atoms with van der Waals surface area (Å²) in [5.74, 6) is 0.357. The Morgan fingerprint density at radius 1 is 1.19 bits per heavy atom. The number of anilines is 1. The highest BCUT2D eigenvalue weighted by Gasteiger charge is 2.32. The number of rotatable bonds is 4. The molecule has 2 amide bonds. The molecule has 0 aromatic carbocycles. The average Bonchev–Trinajstić information content (AvgIpc) is 3.04. The molecule has 0 saturated carbocycles. The first kappa shape index (κ1) is 19.7. The molecule has 0 radical (unpaired) electrons. The van der Waals surface area contributed by atoms with E-state index in [2.05, 4.69) is 4.98 Å². The highest BCUT2D eigenvalue weighted by Crippen LogP contribution is 2.33. The van der Waals surface area contributed by atoms with Crippen molar-refractivity contribution in [2.24, 2.45) is 0 Å². The average molecular weight is 405 g/mol. The molecule has 0 N–H and O–H groups in total. The molecule has 148 valence electrons.